The highest BCUT2D eigenvalue weighted by atomic mass is 16.4. The van der Waals surface area contributed by atoms with Crippen molar-refractivity contribution >= 4 is 16.9 Å². The lowest BCUT2D eigenvalue weighted by Gasteiger charge is -2.19. The van der Waals surface area contributed by atoms with E-state index in [1.807, 2.05) is 6.92 Å². The Kier molecular flexibility index (Phi) is 3.59. The van der Waals surface area contributed by atoms with Gasteiger partial charge in [-0.3, -0.25) is 4.79 Å². The fraction of sp³-hybridized carbons (Fsp3) is 0.385. The molecular formula is C13H15N3O3. The van der Waals surface area contributed by atoms with Gasteiger partial charge in [-0.05, 0) is 18.1 Å². The summed E-state index contributed by atoms with van der Waals surface area (Å²) in [4.78, 5) is 23.7. The first kappa shape index (κ1) is 13.2. The lowest BCUT2D eigenvalue weighted by molar-refractivity contribution is -0.143. The van der Waals surface area contributed by atoms with Crippen LogP contribution in [0, 0.1) is 5.92 Å². The highest BCUT2D eigenvalue weighted by Gasteiger charge is 2.28. The predicted molar refractivity (Wildman–Crippen MR) is 69.9 cm³/mol. The Morgan fingerprint density at radius 1 is 1.42 bits per heavy atom. The molecule has 0 spiro atoms. The van der Waals surface area contributed by atoms with E-state index in [2.05, 4.69) is 10.3 Å². The molecule has 0 saturated heterocycles. The first-order valence-corrected chi connectivity index (χ1v) is 6.13. The molecule has 6 nitrogen and oxygen atoms in total. The second-order valence-corrected chi connectivity index (χ2v) is 4.52. The molecule has 19 heavy (non-hydrogen) atoms. The minimum atomic E-state index is -1.07. The Morgan fingerprint density at radius 2 is 2.11 bits per heavy atom. The van der Waals surface area contributed by atoms with Crippen LogP contribution in [0.4, 0.5) is 0 Å². The van der Waals surface area contributed by atoms with Crippen molar-refractivity contribution < 1.29 is 9.90 Å². The van der Waals surface area contributed by atoms with Gasteiger partial charge in [-0.15, -0.1) is 5.10 Å². The molecule has 0 aliphatic rings. The third-order valence-electron chi connectivity index (χ3n) is 3.29. The van der Waals surface area contributed by atoms with Gasteiger partial charge in [-0.2, -0.15) is 4.68 Å². The van der Waals surface area contributed by atoms with E-state index in [4.69, 9.17) is 0 Å². The standard InChI is InChI=1S/C13H15N3O3/c1-3-8(2)11(13(18)19)16-12(17)9-6-4-5-7-10(9)14-15-16/h4-8,11H,3H2,1-2H3,(H,18,19)/t8-,11+/m1/s1. The topological polar surface area (TPSA) is 85.1 Å². The van der Waals surface area contributed by atoms with Crippen LogP contribution in [0.3, 0.4) is 0 Å². The smallest absolute Gasteiger partial charge is 0.328 e. The summed E-state index contributed by atoms with van der Waals surface area (Å²) in [6.45, 7) is 3.65. The average Bonchev–Trinajstić information content (AvgIpc) is 2.41. The third-order valence-corrected chi connectivity index (χ3v) is 3.29. The molecule has 1 aromatic carbocycles. The number of benzene rings is 1. The van der Waals surface area contributed by atoms with Crippen LogP contribution in [0.1, 0.15) is 26.3 Å². The summed E-state index contributed by atoms with van der Waals surface area (Å²) >= 11 is 0. The molecule has 0 aliphatic heterocycles. The van der Waals surface area contributed by atoms with Gasteiger partial charge < -0.3 is 5.11 Å². The number of aliphatic carboxylic acids is 1. The SMILES string of the molecule is CC[C@@H](C)[C@@H](C(=O)O)n1nnc2ccccc2c1=O. The molecule has 0 radical (unpaired) electrons. The van der Waals surface area contributed by atoms with E-state index < -0.39 is 17.6 Å². The van der Waals surface area contributed by atoms with E-state index in [9.17, 15) is 14.7 Å². The Balaban J connectivity index is 2.64. The average molecular weight is 261 g/mol. The fourth-order valence-corrected chi connectivity index (χ4v) is 2.00. The van der Waals surface area contributed by atoms with Gasteiger partial charge in [0, 0.05) is 0 Å². The molecule has 2 aromatic rings. The molecule has 1 aromatic heterocycles. The van der Waals surface area contributed by atoms with Gasteiger partial charge >= 0.3 is 5.97 Å². The zero-order valence-corrected chi connectivity index (χ0v) is 10.8. The molecule has 1 heterocycles. The summed E-state index contributed by atoms with van der Waals surface area (Å²) < 4.78 is 0.971. The lowest BCUT2D eigenvalue weighted by Crippen LogP contribution is -2.36. The van der Waals surface area contributed by atoms with Gasteiger partial charge in [-0.1, -0.05) is 37.6 Å². The quantitative estimate of drug-likeness (QED) is 0.900. The van der Waals surface area contributed by atoms with E-state index in [0.29, 0.717) is 17.3 Å². The van der Waals surface area contributed by atoms with Crippen LogP contribution >= 0.6 is 0 Å². The molecule has 0 fully saturated rings. The largest absolute Gasteiger partial charge is 0.480 e. The minimum absolute atomic E-state index is 0.203. The number of aromatic nitrogens is 3. The highest BCUT2D eigenvalue weighted by molar-refractivity contribution is 5.77. The predicted octanol–water partition coefficient (Wildman–Crippen LogP) is 1.46. The maximum atomic E-state index is 12.3. The molecule has 0 bridgehead atoms. The van der Waals surface area contributed by atoms with Crippen molar-refractivity contribution in [3.8, 4) is 0 Å². The Labute approximate surface area is 109 Å². The lowest BCUT2D eigenvalue weighted by atomic mass is 9.99. The minimum Gasteiger partial charge on any atom is -0.480 e. The fourth-order valence-electron chi connectivity index (χ4n) is 2.00. The first-order chi connectivity index (χ1) is 9.06. The summed E-state index contributed by atoms with van der Waals surface area (Å²) in [6.07, 6.45) is 0.637. The van der Waals surface area contributed by atoms with Crippen LogP contribution in [-0.2, 0) is 4.79 Å². The second-order valence-electron chi connectivity index (χ2n) is 4.52. The Bertz CT molecular complexity index is 665. The van der Waals surface area contributed by atoms with Crippen LogP contribution in [0.2, 0.25) is 0 Å². The maximum Gasteiger partial charge on any atom is 0.328 e. The van der Waals surface area contributed by atoms with Crippen molar-refractivity contribution in [1.29, 1.82) is 0 Å². The van der Waals surface area contributed by atoms with Gasteiger partial charge in [0.05, 0.1) is 5.39 Å². The Hall–Kier alpha value is -2.24. The number of carboxylic acid groups (broad SMARTS) is 1. The van der Waals surface area contributed by atoms with E-state index in [1.54, 1.807) is 31.2 Å². The summed E-state index contributed by atoms with van der Waals surface area (Å²) in [6, 6.07) is 5.78. The molecule has 1 N–H and O–H groups in total. The second kappa shape index (κ2) is 5.17. The normalized spacial score (nSPS) is 14.2. The molecule has 0 saturated carbocycles. The van der Waals surface area contributed by atoms with Gasteiger partial charge in [0.2, 0.25) is 0 Å². The van der Waals surface area contributed by atoms with E-state index >= 15 is 0 Å². The van der Waals surface area contributed by atoms with Gasteiger partial charge in [0.25, 0.3) is 5.56 Å². The number of carboxylic acids is 1. The van der Waals surface area contributed by atoms with Crippen LogP contribution in [-0.4, -0.2) is 26.1 Å². The number of hydrogen-bond donors (Lipinski definition) is 1. The number of rotatable bonds is 4. The molecule has 0 aliphatic carbocycles. The van der Waals surface area contributed by atoms with E-state index in [1.165, 1.54) is 0 Å². The van der Waals surface area contributed by atoms with Crippen LogP contribution in [0.15, 0.2) is 29.1 Å². The van der Waals surface area contributed by atoms with Crippen molar-refractivity contribution in [2.45, 2.75) is 26.3 Å². The summed E-state index contributed by atoms with van der Waals surface area (Å²) in [5, 5.41) is 17.4. The van der Waals surface area contributed by atoms with Crippen molar-refractivity contribution in [2.24, 2.45) is 5.92 Å². The number of hydrogen-bond acceptors (Lipinski definition) is 4. The maximum absolute atomic E-state index is 12.3. The zero-order valence-electron chi connectivity index (χ0n) is 10.8. The van der Waals surface area contributed by atoms with Crippen molar-refractivity contribution in [1.82, 2.24) is 15.0 Å². The molecule has 2 rings (SSSR count). The van der Waals surface area contributed by atoms with E-state index in [0.717, 1.165) is 4.68 Å². The molecule has 0 unspecified atom stereocenters. The first-order valence-electron chi connectivity index (χ1n) is 6.13. The highest BCUT2D eigenvalue weighted by Crippen LogP contribution is 2.19. The number of nitrogens with zero attached hydrogens (tertiary/aromatic N) is 3. The zero-order chi connectivity index (χ0) is 14.0. The molecule has 6 heteroatoms. The molecule has 0 amide bonds. The Morgan fingerprint density at radius 3 is 2.74 bits per heavy atom. The van der Waals surface area contributed by atoms with Gasteiger partial charge in [-0.25, -0.2) is 4.79 Å². The van der Waals surface area contributed by atoms with Gasteiger partial charge in [0.1, 0.15) is 5.52 Å². The van der Waals surface area contributed by atoms with Crippen molar-refractivity contribution in [3.05, 3.63) is 34.6 Å². The van der Waals surface area contributed by atoms with Crippen LogP contribution in [0.25, 0.3) is 10.9 Å². The van der Waals surface area contributed by atoms with Gasteiger partial charge in [0.15, 0.2) is 6.04 Å². The number of carbonyl (C=O) groups is 1. The number of fused-ring (bicyclic) bond motifs is 1. The third kappa shape index (κ3) is 2.33. The van der Waals surface area contributed by atoms with Crippen molar-refractivity contribution in [3.63, 3.8) is 0 Å². The summed E-state index contributed by atoms with van der Waals surface area (Å²) in [5.41, 5.74) is 0.0512. The molecule has 2 atom stereocenters. The molecular weight excluding hydrogens is 246 g/mol. The van der Waals surface area contributed by atoms with Crippen molar-refractivity contribution in [2.75, 3.05) is 0 Å². The van der Waals surface area contributed by atoms with Crippen LogP contribution < -0.4 is 5.56 Å². The van der Waals surface area contributed by atoms with Crippen LogP contribution in [0.5, 0.6) is 0 Å². The summed E-state index contributed by atoms with van der Waals surface area (Å²) in [5.74, 6) is -1.27. The summed E-state index contributed by atoms with van der Waals surface area (Å²) in [7, 11) is 0. The molecule has 100 valence electrons. The monoisotopic (exact) mass is 261 g/mol. The van der Waals surface area contributed by atoms with E-state index in [-0.39, 0.29) is 5.92 Å².